The van der Waals surface area contributed by atoms with Crippen molar-refractivity contribution >= 4 is 55.2 Å². The van der Waals surface area contributed by atoms with Crippen LogP contribution in [0.2, 0.25) is 0 Å². The van der Waals surface area contributed by atoms with Gasteiger partial charge in [-0.2, -0.15) is 4.57 Å². The van der Waals surface area contributed by atoms with E-state index in [1.807, 2.05) is 66.9 Å². The van der Waals surface area contributed by atoms with E-state index in [9.17, 15) is 17.8 Å². The van der Waals surface area contributed by atoms with Crippen LogP contribution in [0, 0.1) is 6.92 Å². The second kappa shape index (κ2) is 12.7. The van der Waals surface area contributed by atoms with Gasteiger partial charge < -0.3 is 9.45 Å². The molecule has 0 N–H and O–H groups in total. The standard InChI is InChI=1S/C23H24N3OS2.C7H8O3S/c1-4-25-18-11-6-7-12-19(18)28-21(25)16-22-26(5-2)23(27)20(29-22)14-13-17-10-8-9-15-24(17)3;1-6-2-4-7(5-3-6)11(8,9)10/h6-16H,4-5H2,1-3H3;2-5H,1H3,(H,8,9,10)/q+1;/p-1/b17-13+,20-14-;. The summed E-state index contributed by atoms with van der Waals surface area (Å²) < 4.78 is 38.3. The molecular formula is C30H31N3O4S3. The van der Waals surface area contributed by atoms with Crippen LogP contribution in [0.4, 0.5) is 0 Å². The van der Waals surface area contributed by atoms with E-state index in [0.29, 0.717) is 6.54 Å². The molecule has 1 aliphatic rings. The zero-order valence-electron chi connectivity index (χ0n) is 22.8. The van der Waals surface area contributed by atoms with E-state index in [-0.39, 0.29) is 10.5 Å². The smallest absolute Gasteiger partial charge is 0.269 e. The van der Waals surface area contributed by atoms with Gasteiger partial charge in [0.1, 0.15) is 26.0 Å². The molecule has 40 heavy (non-hydrogen) atoms. The van der Waals surface area contributed by atoms with Crippen LogP contribution in [0.3, 0.4) is 0 Å². The van der Waals surface area contributed by atoms with Crippen LogP contribution < -0.4 is 19.3 Å². The van der Waals surface area contributed by atoms with Crippen molar-refractivity contribution in [3.05, 3.63) is 115 Å². The summed E-state index contributed by atoms with van der Waals surface area (Å²) in [6.45, 7) is 7.56. The van der Waals surface area contributed by atoms with Crippen molar-refractivity contribution in [1.82, 2.24) is 9.47 Å². The lowest BCUT2D eigenvalue weighted by Crippen LogP contribution is -2.35. The van der Waals surface area contributed by atoms with Crippen LogP contribution in [-0.4, -0.2) is 29.5 Å². The highest BCUT2D eigenvalue weighted by Gasteiger charge is 2.17. The molecule has 0 aliphatic carbocycles. The lowest BCUT2D eigenvalue weighted by atomic mass is 10.2. The molecule has 3 heterocycles. The number of aromatic nitrogens is 2. The highest BCUT2D eigenvalue weighted by atomic mass is 32.2. The first-order valence-corrected chi connectivity index (χ1v) is 15.8. The van der Waals surface area contributed by atoms with E-state index in [1.165, 1.54) is 27.4 Å². The molecule has 1 aliphatic heterocycles. The Labute approximate surface area is 242 Å². The second-order valence-electron chi connectivity index (χ2n) is 8.99. The minimum absolute atomic E-state index is 0.0720. The molecule has 2 aromatic carbocycles. The van der Waals surface area contributed by atoms with Gasteiger partial charge in [0, 0.05) is 31.6 Å². The Morgan fingerprint density at radius 3 is 2.38 bits per heavy atom. The molecule has 2 aromatic heterocycles. The number of aryl methyl sites for hydroxylation is 2. The molecule has 10 heteroatoms. The number of hydrogen-bond donors (Lipinski definition) is 0. The van der Waals surface area contributed by atoms with Crippen molar-refractivity contribution in [3.8, 4) is 0 Å². The molecule has 0 amide bonds. The van der Waals surface area contributed by atoms with Crippen molar-refractivity contribution in [2.75, 3.05) is 7.05 Å². The Morgan fingerprint density at radius 2 is 1.73 bits per heavy atom. The van der Waals surface area contributed by atoms with Gasteiger partial charge in [0.2, 0.25) is 5.52 Å². The molecule has 0 atom stereocenters. The summed E-state index contributed by atoms with van der Waals surface area (Å²) in [5.41, 5.74) is 3.30. The van der Waals surface area contributed by atoms with Crippen molar-refractivity contribution in [3.63, 3.8) is 0 Å². The molecule has 0 bridgehead atoms. The first kappa shape index (κ1) is 29.4. The number of likely N-dealkylation sites (N-methyl/N-ethyl adjacent to an activating group) is 1. The van der Waals surface area contributed by atoms with Crippen molar-refractivity contribution in [2.24, 2.45) is 0 Å². The highest BCUT2D eigenvalue weighted by Crippen LogP contribution is 2.20. The second-order valence-corrected chi connectivity index (χ2v) is 12.5. The molecule has 0 unspecified atom stereocenters. The average molecular weight is 594 g/mol. The fourth-order valence-corrected chi connectivity index (χ4v) is 6.88. The largest absolute Gasteiger partial charge is 0.744 e. The predicted molar refractivity (Wildman–Crippen MR) is 162 cm³/mol. The van der Waals surface area contributed by atoms with E-state index in [2.05, 4.69) is 41.8 Å². The number of allylic oxidation sites excluding steroid dienone is 4. The van der Waals surface area contributed by atoms with Crippen LogP contribution in [0.25, 0.3) is 22.4 Å². The maximum absolute atomic E-state index is 12.9. The first-order valence-electron chi connectivity index (χ1n) is 12.8. The highest BCUT2D eigenvalue weighted by molar-refractivity contribution is 7.85. The third-order valence-corrected chi connectivity index (χ3v) is 9.30. The van der Waals surface area contributed by atoms with E-state index in [1.54, 1.807) is 34.8 Å². The van der Waals surface area contributed by atoms with Crippen LogP contribution >= 0.6 is 22.7 Å². The fraction of sp³-hybridized carbons (Fsp3) is 0.200. The van der Waals surface area contributed by atoms with E-state index >= 15 is 0 Å². The first-order chi connectivity index (χ1) is 19.1. The average Bonchev–Trinajstić information content (AvgIpc) is 3.43. The third kappa shape index (κ3) is 6.76. The Hall–Kier alpha value is -3.57. The Bertz CT molecular complexity index is 1890. The van der Waals surface area contributed by atoms with Crippen molar-refractivity contribution < 1.29 is 17.5 Å². The summed E-state index contributed by atoms with van der Waals surface area (Å²) in [5.74, 6) is 0. The zero-order chi connectivity index (χ0) is 28.9. The number of rotatable bonds is 5. The van der Waals surface area contributed by atoms with Crippen LogP contribution in [0.15, 0.2) is 94.4 Å². The van der Waals surface area contributed by atoms with Crippen LogP contribution in [0.1, 0.15) is 24.4 Å². The SMILES string of the molecule is CCn1c(=O)/c(=C/C=C2\C=CC=CN2C)s/c1=C\c1sc2ccccc2[n+]1CC.Cc1ccc(S(=O)(=O)[O-])cc1. The van der Waals surface area contributed by atoms with Crippen LogP contribution in [0.5, 0.6) is 0 Å². The van der Waals surface area contributed by atoms with Crippen molar-refractivity contribution in [2.45, 2.75) is 38.8 Å². The molecule has 0 saturated heterocycles. The quantitative estimate of drug-likeness (QED) is 0.259. The van der Waals surface area contributed by atoms with Crippen molar-refractivity contribution in [1.29, 1.82) is 0 Å². The number of fused-ring (bicyclic) bond motifs is 1. The lowest BCUT2D eigenvalue weighted by Gasteiger charge is -2.16. The monoisotopic (exact) mass is 593 g/mol. The maximum Gasteiger partial charge on any atom is 0.269 e. The molecule has 4 aromatic rings. The summed E-state index contributed by atoms with van der Waals surface area (Å²) in [5, 5.41) is 1.17. The Balaban J connectivity index is 0.000000283. The Morgan fingerprint density at radius 1 is 1.00 bits per heavy atom. The molecule has 0 radical (unpaired) electrons. The van der Waals surface area contributed by atoms with Gasteiger partial charge in [0.15, 0.2) is 0 Å². The van der Waals surface area contributed by atoms with Gasteiger partial charge in [-0.1, -0.05) is 47.2 Å². The van der Waals surface area contributed by atoms with Gasteiger partial charge in [-0.25, -0.2) is 8.42 Å². The molecule has 5 rings (SSSR count). The minimum atomic E-state index is -4.27. The summed E-state index contributed by atoms with van der Waals surface area (Å²) in [6, 6.07) is 14.2. The molecule has 0 spiro atoms. The zero-order valence-corrected chi connectivity index (χ0v) is 25.2. The van der Waals surface area contributed by atoms with Gasteiger partial charge >= 0.3 is 0 Å². The van der Waals surface area contributed by atoms with E-state index < -0.39 is 10.1 Å². The number of benzene rings is 2. The van der Waals surface area contributed by atoms with Gasteiger partial charge in [-0.3, -0.25) is 9.36 Å². The maximum atomic E-state index is 12.9. The van der Waals surface area contributed by atoms with Gasteiger partial charge in [0.05, 0.1) is 15.5 Å². The number of thiazole rings is 2. The summed E-state index contributed by atoms with van der Waals surface area (Å²) >= 11 is 3.32. The van der Waals surface area contributed by atoms with Crippen LogP contribution in [-0.2, 0) is 23.2 Å². The third-order valence-electron chi connectivity index (χ3n) is 6.26. The van der Waals surface area contributed by atoms with Gasteiger partial charge in [-0.05, 0) is 63.3 Å². The molecule has 0 fully saturated rings. The lowest BCUT2D eigenvalue weighted by molar-refractivity contribution is -0.665. The number of nitrogens with zero attached hydrogens (tertiary/aromatic N) is 3. The molecule has 208 valence electrons. The minimum Gasteiger partial charge on any atom is -0.744 e. The van der Waals surface area contributed by atoms with E-state index in [0.717, 1.165) is 27.0 Å². The molecule has 0 saturated carbocycles. The normalized spacial score (nSPS) is 15.2. The molecule has 7 nitrogen and oxygen atoms in total. The number of hydrogen-bond acceptors (Lipinski definition) is 7. The summed E-state index contributed by atoms with van der Waals surface area (Å²) in [6.07, 6.45) is 14.1. The van der Waals surface area contributed by atoms with Gasteiger partial charge in [-0.15, -0.1) is 11.3 Å². The topological polar surface area (TPSA) is 86.3 Å². The molecular weight excluding hydrogens is 563 g/mol. The summed E-state index contributed by atoms with van der Waals surface area (Å²) in [4.78, 5) is 14.8. The van der Waals surface area contributed by atoms with Gasteiger partial charge in [0.25, 0.3) is 10.6 Å². The number of para-hydroxylation sites is 1. The summed E-state index contributed by atoms with van der Waals surface area (Å²) in [7, 11) is -2.27. The fourth-order valence-electron chi connectivity index (χ4n) is 4.12. The van der Waals surface area contributed by atoms with E-state index in [4.69, 9.17) is 0 Å². The Kier molecular flexibility index (Phi) is 9.36. The predicted octanol–water partition coefficient (Wildman–Crippen LogP) is 3.86.